The van der Waals surface area contributed by atoms with Crippen LogP contribution in [0.1, 0.15) is 33.1 Å². The van der Waals surface area contributed by atoms with Crippen LogP contribution in [0.2, 0.25) is 0 Å². The van der Waals surface area contributed by atoms with Crippen LogP contribution in [0.25, 0.3) is 0 Å². The Hall–Kier alpha value is -2.69. The molecule has 1 aliphatic rings. The number of aliphatic carboxylic acids is 1. The summed E-state index contributed by atoms with van der Waals surface area (Å²) >= 11 is 0. The van der Waals surface area contributed by atoms with Gasteiger partial charge >= 0.3 is 11.9 Å². The van der Waals surface area contributed by atoms with Gasteiger partial charge in [-0.3, -0.25) is 38.3 Å². The molecule has 0 bridgehead atoms. The summed E-state index contributed by atoms with van der Waals surface area (Å²) < 4.78 is 11.4. The zero-order valence-corrected chi connectivity index (χ0v) is 24.2. The summed E-state index contributed by atoms with van der Waals surface area (Å²) in [4.78, 5) is 67.5. The maximum atomic E-state index is 12.4. The molecule has 0 spiro atoms. The number of nitrogens with two attached hydrogens (primary N) is 1. The van der Waals surface area contributed by atoms with Crippen molar-refractivity contribution >= 4 is 29.5 Å². The van der Waals surface area contributed by atoms with Gasteiger partial charge in [0.15, 0.2) is 11.9 Å². The number of quaternary nitrogens is 1. The van der Waals surface area contributed by atoms with Crippen molar-refractivity contribution in [1.82, 2.24) is 20.4 Å². The fraction of sp³-hybridized carbons (Fsp3) is 0.800. The van der Waals surface area contributed by atoms with Gasteiger partial charge in [-0.25, -0.2) is 10.7 Å². The molecule has 0 aromatic carbocycles. The van der Waals surface area contributed by atoms with E-state index in [0.717, 1.165) is 0 Å². The van der Waals surface area contributed by atoms with Crippen molar-refractivity contribution < 1.29 is 47.9 Å². The highest BCUT2D eigenvalue weighted by molar-refractivity contribution is 5.82. The molecule has 0 aromatic heterocycles. The number of esters is 1. The summed E-state index contributed by atoms with van der Waals surface area (Å²) in [6.45, 7) is 8.00. The number of nitrogens with zero attached hydrogens (tertiary/aromatic N) is 3. The van der Waals surface area contributed by atoms with E-state index in [2.05, 4.69) is 15.5 Å². The molecular formula is C25H47N6O9+. The standard InChI is InChI=1S/C25H46N6O9/c1-5-29(3)17-24(35)39-23-15-19(32)18-31(23,4)12-11-30(6-2)16-22(34)28-10-14-38-13-9-27-21(33)8-7-20(40-26)25(36)37/h20,23H,5-18,26H2,1-4H3,(H2-,27,28,33,34,36,37)/p+1/t20?,23-,31?/m0/s1. The summed E-state index contributed by atoms with van der Waals surface area (Å²) in [7, 11) is 3.73. The molecule has 0 aliphatic carbocycles. The number of likely N-dealkylation sites (tertiary alicyclic amines) is 1. The number of amides is 2. The summed E-state index contributed by atoms with van der Waals surface area (Å²) in [5, 5.41) is 14.2. The number of Topliss-reactive ketones (excluding diaryl/α,β-unsaturated/α-hetero) is 1. The first-order valence-corrected chi connectivity index (χ1v) is 13.6. The smallest absolute Gasteiger partial charge is 0.334 e. The number of likely N-dealkylation sites (N-methyl/N-ethyl adjacent to an activating group) is 3. The first-order chi connectivity index (χ1) is 18.9. The van der Waals surface area contributed by atoms with Crippen LogP contribution in [-0.2, 0) is 38.3 Å². The molecular weight excluding hydrogens is 528 g/mol. The monoisotopic (exact) mass is 575 g/mol. The van der Waals surface area contributed by atoms with Crippen LogP contribution >= 0.6 is 0 Å². The number of nitrogens with one attached hydrogen (secondary N) is 2. The van der Waals surface area contributed by atoms with Gasteiger partial charge in [0.25, 0.3) is 0 Å². The van der Waals surface area contributed by atoms with Crippen LogP contribution in [0.5, 0.6) is 0 Å². The minimum atomic E-state index is -1.23. The summed E-state index contributed by atoms with van der Waals surface area (Å²) in [6.07, 6.45) is -1.65. The van der Waals surface area contributed by atoms with E-state index in [-0.39, 0.29) is 82.2 Å². The number of carboxylic acids is 1. The van der Waals surface area contributed by atoms with E-state index in [0.29, 0.717) is 37.2 Å². The average Bonchev–Trinajstić information content (AvgIpc) is 3.18. The van der Waals surface area contributed by atoms with Crippen molar-refractivity contribution in [3.05, 3.63) is 0 Å². The molecule has 5 N–H and O–H groups in total. The van der Waals surface area contributed by atoms with Gasteiger partial charge in [-0.2, -0.15) is 0 Å². The Labute approximate surface area is 235 Å². The number of rotatable bonds is 21. The molecule has 1 heterocycles. The molecule has 230 valence electrons. The predicted molar refractivity (Wildman–Crippen MR) is 143 cm³/mol. The van der Waals surface area contributed by atoms with E-state index in [9.17, 15) is 24.0 Å². The van der Waals surface area contributed by atoms with Gasteiger partial charge in [-0.1, -0.05) is 13.8 Å². The fourth-order valence-electron chi connectivity index (χ4n) is 4.10. The first kappa shape index (κ1) is 35.3. The highest BCUT2D eigenvalue weighted by atomic mass is 16.6. The van der Waals surface area contributed by atoms with Crippen LogP contribution in [0, 0.1) is 0 Å². The van der Waals surface area contributed by atoms with Gasteiger partial charge in [0, 0.05) is 26.1 Å². The van der Waals surface area contributed by atoms with Crippen LogP contribution in [0.15, 0.2) is 0 Å². The third kappa shape index (κ3) is 13.6. The molecule has 1 aliphatic heterocycles. The normalized spacial score (nSPS) is 19.6. The minimum Gasteiger partial charge on any atom is -0.479 e. The summed E-state index contributed by atoms with van der Waals surface area (Å²) in [5.41, 5.74) is 0. The Morgan fingerprint density at radius 1 is 1.10 bits per heavy atom. The van der Waals surface area contributed by atoms with Crippen molar-refractivity contribution in [3.8, 4) is 0 Å². The Balaban J connectivity index is 2.29. The Morgan fingerprint density at radius 2 is 1.75 bits per heavy atom. The number of hydrogen-bond donors (Lipinski definition) is 4. The SMILES string of the molecule is CCN(C)CC(=O)O[C@H]1CC(=O)C[N+]1(C)CCN(CC)CC(=O)NCCOCCNC(=O)CCC(ON)C(=O)O. The highest BCUT2D eigenvalue weighted by Gasteiger charge is 2.45. The van der Waals surface area contributed by atoms with Crippen molar-refractivity contribution in [2.75, 3.05) is 86.2 Å². The van der Waals surface area contributed by atoms with Gasteiger partial charge in [-0.15, -0.1) is 0 Å². The zero-order chi connectivity index (χ0) is 30.1. The lowest BCUT2D eigenvalue weighted by atomic mass is 10.2. The molecule has 15 nitrogen and oxygen atoms in total. The Morgan fingerprint density at radius 3 is 2.33 bits per heavy atom. The minimum absolute atomic E-state index is 0.0411. The number of hydrogen-bond acceptors (Lipinski definition) is 11. The largest absolute Gasteiger partial charge is 0.479 e. The van der Waals surface area contributed by atoms with Crippen molar-refractivity contribution in [2.24, 2.45) is 5.90 Å². The third-order valence-electron chi connectivity index (χ3n) is 6.79. The molecule has 3 atom stereocenters. The average molecular weight is 576 g/mol. The van der Waals surface area contributed by atoms with E-state index in [1.54, 1.807) is 0 Å². The fourth-order valence-corrected chi connectivity index (χ4v) is 4.10. The second-order valence-electron chi connectivity index (χ2n) is 10.1. The van der Waals surface area contributed by atoms with E-state index in [1.165, 1.54) is 0 Å². The lowest BCUT2D eigenvalue weighted by molar-refractivity contribution is -0.936. The van der Waals surface area contributed by atoms with Gasteiger partial charge in [0.1, 0.15) is 13.0 Å². The molecule has 1 fully saturated rings. The van der Waals surface area contributed by atoms with Crippen LogP contribution < -0.4 is 16.5 Å². The van der Waals surface area contributed by atoms with Gasteiger partial charge in [-0.05, 0) is 26.6 Å². The lowest BCUT2D eigenvalue weighted by Gasteiger charge is -2.36. The number of carbonyl (C=O) groups excluding carboxylic acids is 4. The van der Waals surface area contributed by atoms with Gasteiger partial charge < -0.3 is 25.2 Å². The first-order valence-electron chi connectivity index (χ1n) is 13.6. The van der Waals surface area contributed by atoms with Crippen LogP contribution in [-0.4, -0.2) is 147 Å². The molecule has 0 saturated carbocycles. The van der Waals surface area contributed by atoms with Crippen molar-refractivity contribution in [3.63, 3.8) is 0 Å². The van der Waals surface area contributed by atoms with Crippen LogP contribution in [0.3, 0.4) is 0 Å². The number of ketones is 1. The molecule has 40 heavy (non-hydrogen) atoms. The molecule has 15 heteroatoms. The molecule has 2 amide bonds. The molecule has 2 unspecified atom stereocenters. The van der Waals surface area contributed by atoms with E-state index >= 15 is 0 Å². The number of carboxylic acid groups (broad SMARTS) is 1. The van der Waals surface area contributed by atoms with E-state index < -0.39 is 18.3 Å². The maximum Gasteiger partial charge on any atom is 0.334 e. The summed E-state index contributed by atoms with van der Waals surface area (Å²) in [6, 6.07) is 0. The lowest BCUT2D eigenvalue weighted by Crippen LogP contribution is -2.54. The number of ether oxygens (including phenoxy) is 2. The van der Waals surface area contributed by atoms with Crippen molar-refractivity contribution in [2.45, 2.75) is 45.4 Å². The second kappa shape index (κ2) is 18.6. The third-order valence-corrected chi connectivity index (χ3v) is 6.79. The molecule has 1 saturated heterocycles. The number of carbonyl (C=O) groups is 5. The van der Waals surface area contributed by atoms with Crippen LogP contribution in [0.4, 0.5) is 0 Å². The maximum absolute atomic E-state index is 12.4. The zero-order valence-electron chi connectivity index (χ0n) is 24.2. The Bertz CT molecular complexity index is 846. The predicted octanol–water partition coefficient (Wildman–Crippen LogP) is -2.08. The highest BCUT2D eigenvalue weighted by Crippen LogP contribution is 2.23. The molecule has 1 rings (SSSR count). The summed E-state index contributed by atoms with van der Waals surface area (Å²) in [5.74, 6) is 2.83. The topological polar surface area (TPSA) is 190 Å². The molecule has 0 aromatic rings. The Kier molecular flexibility index (Phi) is 16.4. The quantitative estimate of drug-likeness (QED) is 0.0507. The van der Waals surface area contributed by atoms with E-state index in [1.807, 2.05) is 37.7 Å². The van der Waals surface area contributed by atoms with E-state index in [4.69, 9.17) is 20.5 Å². The van der Waals surface area contributed by atoms with Crippen molar-refractivity contribution in [1.29, 1.82) is 0 Å². The van der Waals surface area contributed by atoms with Gasteiger partial charge in [0.05, 0.1) is 39.9 Å². The molecule has 0 radical (unpaired) electrons. The van der Waals surface area contributed by atoms with Gasteiger partial charge in [0.2, 0.25) is 18.0 Å². The second-order valence-corrected chi connectivity index (χ2v) is 10.1.